The van der Waals surface area contributed by atoms with Gasteiger partial charge in [-0.15, -0.1) is 0 Å². The molecule has 0 saturated carbocycles. The van der Waals surface area contributed by atoms with Crippen molar-refractivity contribution in [3.8, 4) is 0 Å². The van der Waals surface area contributed by atoms with E-state index in [1.54, 1.807) is 4.90 Å². The zero-order chi connectivity index (χ0) is 14.3. The molecule has 2 atom stereocenters. The summed E-state index contributed by atoms with van der Waals surface area (Å²) in [4.78, 5) is 13.8. The molecule has 1 heterocycles. The van der Waals surface area contributed by atoms with Crippen LogP contribution in [-0.4, -0.2) is 11.9 Å². The van der Waals surface area contributed by atoms with Crippen molar-refractivity contribution in [1.29, 1.82) is 0 Å². The molecule has 0 bridgehead atoms. The van der Waals surface area contributed by atoms with Gasteiger partial charge in [0.1, 0.15) is 6.04 Å². The topological polar surface area (TPSA) is 46.3 Å². The summed E-state index contributed by atoms with van der Waals surface area (Å²) in [5.74, 6) is -0.0690. The fraction of sp³-hybridized carbons (Fsp3) is 0.188. The van der Waals surface area contributed by atoms with Gasteiger partial charge in [0.2, 0.25) is 5.91 Å². The van der Waals surface area contributed by atoms with Gasteiger partial charge in [-0.1, -0.05) is 41.9 Å². The van der Waals surface area contributed by atoms with Gasteiger partial charge in [0.15, 0.2) is 0 Å². The molecule has 102 valence electrons. The Labute approximate surface area is 123 Å². The number of rotatable bonds is 2. The summed E-state index contributed by atoms with van der Waals surface area (Å²) in [7, 11) is 0. The second-order valence-corrected chi connectivity index (χ2v) is 5.45. The molecule has 1 aliphatic heterocycles. The second kappa shape index (κ2) is 4.93. The lowest BCUT2D eigenvalue weighted by atomic mass is 9.88. The van der Waals surface area contributed by atoms with E-state index in [-0.39, 0.29) is 11.9 Å². The first-order chi connectivity index (χ1) is 9.59. The number of carbonyl (C=O) groups excluding carboxylic acids is 1. The zero-order valence-corrected chi connectivity index (χ0v) is 11.8. The van der Waals surface area contributed by atoms with Crippen molar-refractivity contribution in [2.24, 2.45) is 5.73 Å². The molecule has 1 aliphatic rings. The molecule has 3 nitrogen and oxygen atoms in total. The minimum absolute atomic E-state index is 0.0690. The van der Waals surface area contributed by atoms with Crippen LogP contribution < -0.4 is 10.6 Å². The van der Waals surface area contributed by atoms with Gasteiger partial charge in [-0.05, 0) is 36.2 Å². The van der Waals surface area contributed by atoms with Gasteiger partial charge in [-0.2, -0.15) is 0 Å². The highest BCUT2D eigenvalue weighted by Crippen LogP contribution is 2.40. The third kappa shape index (κ3) is 1.99. The third-order valence-corrected chi connectivity index (χ3v) is 3.99. The average molecular weight is 287 g/mol. The largest absolute Gasteiger partial charge is 0.318 e. The monoisotopic (exact) mass is 286 g/mol. The quantitative estimate of drug-likeness (QED) is 0.863. The van der Waals surface area contributed by atoms with Crippen LogP contribution in [0.2, 0.25) is 5.02 Å². The van der Waals surface area contributed by atoms with Gasteiger partial charge in [-0.25, -0.2) is 0 Å². The Morgan fingerprint density at radius 2 is 1.90 bits per heavy atom. The number of halogens is 1. The van der Waals surface area contributed by atoms with Crippen molar-refractivity contribution in [1.82, 2.24) is 0 Å². The van der Waals surface area contributed by atoms with Crippen molar-refractivity contribution in [3.63, 3.8) is 0 Å². The average Bonchev–Trinajstić information content (AvgIpc) is 2.45. The number of hydrogen-bond donors (Lipinski definition) is 1. The molecule has 3 rings (SSSR count). The van der Waals surface area contributed by atoms with Crippen LogP contribution >= 0.6 is 11.6 Å². The van der Waals surface area contributed by atoms with E-state index in [1.165, 1.54) is 0 Å². The van der Waals surface area contributed by atoms with Gasteiger partial charge in [0.25, 0.3) is 0 Å². The van der Waals surface area contributed by atoms with E-state index >= 15 is 0 Å². The van der Waals surface area contributed by atoms with Crippen molar-refractivity contribution in [2.45, 2.75) is 19.0 Å². The standard InChI is InChI=1S/C16H15ClN2O/c1-10-5-4-6-11(9-10)19-15(14(18)16(19)20)12-7-2-3-8-13(12)17/h2-9,14-15H,18H2,1H3/t14-,15+/m1/s1. The Kier molecular flexibility index (Phi) is 3.24. The first-order valence-corrected chi connectivity index (χ1v) is 6.87. The number of nitrogens with two attached hydrogens (primary N) is 1. The molecular weight excluding hydrogens is 272 g/mol. The highest BCUT2D eigenvalue weighted by molar-refractivity contribution is 6.31. The van der Waals surface area contributed by atoms with Crippen LogP contribution in [0.4, 0.5) is 5.69 Å². The van der Waals surface area contributed by atoms with Crippen LogP contribution in [0.1, 0.15) is 17.2 Å². The Hall–Kier alpha value is -1.84. The van der Waals surface area contributed by atoms with E-state index in [9.17, 15) is 4.79 Å². The fourth-order valence-electron chi connectivity index (χ4n) is 2.62. The Morgan fingerprint density at radius 3 is 2.60 bits per heavy atom. The van der Waals surface area contributed by atoms with Crippen molar-refractivity contribution in [3.05, 3.63) is 64.7 Å². The Bertz CT molecular complexity index is 671. The van der Waals surface area contributed by atoms with Crippen LogP contribution in [0.5, 0.6) is 0 Å². The summed E-state index contributed by atoms with van der Waals surface area (Å²) in [6.45, 7) is 2.00. The maximum Gasteiger partial charge on any atom is 0.247 e. The van der Waals surface area contributed by atoms with Crippen molar-refractivity contribution >= 4 is 23.2 Å². The van der Waals surface area contributed by atoms with Crippen LogP contribution in [0.15, 0.2) is 48.5 Å². The molecule has 2 N–H and O–H groups in total. The van der Waals surface area contributed by atoms with E-state index in [1.807, 2.05) is 55.5 Å². The minimum atomic E-state index is -0.532. The lowest BCUT2D eigenvalue weighted by molar-refractivity contribution is -0.126. The van der Waals surface area contributed by atoms with Crippen molar-refractivity contribution < 1.29 is 4.79 Å². The normalized spacial score (nSPS) is 21.8. The molecule has 0 aromatic heterocycles. The predicted octanol–water partition coefficient (Wildman–Crippen LogP) is 3.06. The van der Waals surface area contributed by atoms with Gasteiger partial charge in [0.05, 0.1) is 6.04 Å². The number of aryl methyl sites for hydroxylation is 1. The zero-order valence-electron chi connectivity index (χ0n) is 11.1. The lowest BCUT2D eigenvalue weighted by Crippen LogP contribution is -2.63. The third-order valence-electron chi connectivity index (χ3n) is 3.64. The summed E-state index contributed by atoms with van der Waals surface area (Å²) in [6.07, 6.45) is 0. The molecule has 0 unspecified atom stereocenters. The number of nitrogens with zero attached hydrogens (tertiary/aromatic N) is 1. The molecule has 4 heteroatoms. The summed E-state index contributed by atoms with van der Waals surface area (Å²) < 4.78 is 0. The molecule has 0 aliphatic carbocycles. The number of hydrogen-bond acceptors (Lipinski definition) is 2. The SMILES string of the molecule is Cc1cccc(N2C(=O)[C@H](N)[C@@H]2c2ccccc2Cl)c1. The van der Waals surface area contributed by atoms with Crippen LogP contribution in [0, 0.1) is 6.92 Å². The van der Waals surface area contributed by atoms with Crippen LogP contribution in [0.25, 0.3) is 0 Å². The number of benzene rings is 2. The number of carbonyl (C=O) groups is 1. The lowest BCUT2D eigenvalue weighted by Gasteiger charge is -2.46. The molecule has 2 aromatic carbocycles. The molecule has 1 fully saturated rings. The van der Waals surface area contributed by atoms with E-state index < -0.39 is 6.04 Å². The summed E-state index contributed by atoms with van der Waals surface area (Å²) in [5.41, 5.74) is 8.84. The Balaban J connectivity index is 2.02. The molecule has 0 radical (unpaired) electrons. The number of β-lactam (4-membered cyclic amide) rings is 1. The van der Waals surface area contributed by atoms with Crippen molar-refractivity contribution in [2.75, 3.05) is 4.90 Å². The smallest absolute Gasteiger partial charge is 0.247 e. The molecule has 0 spiro atoms. The summed E-state index contributed by atoms with van der Waals surface area (Å²) in [5, 5.41) is 0.637. The van der Waals surface area contributed by atoms with E-state index in [0.29, 0.717) is 5.02 Å². The first-order valence-electron chi connectivity index (χ1n) is 6.49. The maximum atomic E-state index is 12.1. The highest BCUT2D eigenvalue weighted by Gasteiger charge is 2.47. The highest BCUT2D eigenvalue weighted by atomic mass is 35.5. The van der Waals surface area contributed by atoms with E-state index in [4.69, 9.17) is 17.3 Å². The molecule has 1 amide bonds. The van der Waals surface area contributed by atoms with Gasteiger partial charge >= 0.3 is 0 Å². The number of anilines is 1. The molecule has 20 heavy (non-hydrogen) atoms. The van der Waals surface area contributed by atoms with E-state index in [0.717, 1.165) is 16.8 Å². The van der Waals surface area contributed by atoms with E-state index in [2.05, 4.69) is 0 Å². The first kappa shape index (κ1) is 13.2. The van der Waals surface area contributed by atoms with Crippen LogP contribution in [0.3, 0.4) is 0 Å². The maximum absolute atomic E-state index is 12.1. The predicted molar refractivity (Wildman–Crippen MR) is 80.8 cm³/mol. The summed E-state index contributed by atoms with van der Waals surface area (Å²) in [6, 6.07) is 14.6. The van der Waals surface area contributed by atoms with Crippen LogP contribution in [-0.2, 0) is 4.79 Å². The molecular formula is C16H15ClN2O. The Morgan fingerprint density at radius 1 is 1.15 bits per heavy atom. The molecule has 2 aromatic rings. The van der Waals surface area contributed by atoms with Gasteiger partial charge < -0.3 is 10.6 Å². The van der Waals surface area contributed by atoms with Gasteiger partial charge in [0, 0.05) is 10.7 Å². The minimum Gasteiger partial charge on any atom is -0.318 e. The second-order valence-electron chi connectivity index (χ2n) is 5.04. The number of amides is 1. The van der Waals surface area contributed by atoms with Gasteiger partial charge in [-0.3, -0.25) is 4.79 Å². The fourth-order valence-corrected chi connectivity index (χ4v) is 2.87. The summed E-state index contributed by atoms with van der Waals surface area (Å²) >= 11 is 6.24. The molecule has 1 saturated heterocycles.